The minimum Gasteiger partial charge on any atom is -0.348 e. The highest BCUT2D eigenvalue weighted by molar-refractivity contribution is 7.80. The van der Waals surface area contributed by atoms with E-state index < -0.39 is 0 Å². The molecule has 5 heteroatoms. The zero-order valence-corrected chi connectivity index (χ0v) is 15.6. The monoisotopic (exact) mass is 354 g/mol. The second-order valence-electron chi connectivity index (χ2n) is 7.51. The average Bonchev–Trinajstić information content (AvgIpc) is 2.99. The maximum atomic E-state index is 5.66. The molecule has 5 rings (SSSR count). The standard InChI is InChI=1S/C20H26N4S/c1-14(19-18-5-3-2-4-17(18)10-11-21-19)22-23-20(25)24-12-15-6-7-16(13-24)9-8-15/h2-5,10-11,14-16,22H,6-9,12-13H2,1H3,(H,23,25). The zero-order chi connectivity index (χ0) is 17.2. The van der Waals surface area contributed by atoms with Crippen molar-refractivity contribution in [2.45, 2.75) is 38.6 Å². The molecule has 3 fully saturated rings. The molecule has 0 amide bonds. The highest BCUT2D eigenvalue weighted by Crippen LogP contribution is 2.33. The van der Waals surface area contributed by atoms with Gasteiger partial charge in [0.15, 0.2) is 5.11 Å². The molecule has 1 aromatic heterocycles. The summed E-state index contributed by atoms with van der Waals surface area (Å²) in [5, 5.41) is 3.23. The van der Waals surface area contributed by atoms with E-state index in [0.717, 1.165) is 35.7 Å². The van der Waals surface area contributed by atoms with E-state index in [1.807, 2.05) is 6.20 Å². The van der Waals surface area contributed by atoms with E-state index in [1.54, 1.807) is 0 Å². The summed E-state index contributed by atoms with van der Waals surface area (Å²) in [5.41, 5.74) is 7.69. The first-order chi connectivity index (χ1) is 12.2. The SMILES string of the molecule is CC(NNC(=S)N1CC2CCC(CC2)C1)c1nccc2ccccc12. The van der Waals surface area contributed by atoms with E-state index in [-0.39, 0.29) is 6.04 Å². The van der Waals surface area contributed by atoms with Crippen LogP contribution < -0.4 is 10.9 Å². The van der Waals surface area contributed by atoms with E-state index in [2.05, 4.69) is 58.0 Å². The molecule has 1 aromatic carbocycles. The fraction of sp³-hybridized carbons (Fsp3) is 0.500. The number of thiocarbonyl (C=S) groups is 1. The number of fused-ring (bicyclic) bond motifs is 5. The molecule has 3 heterocycles. The van der Waals surface area contributed by atoms with Crippen LogP contribution in [0.1, 0.15) is 44.3 Å². The predicted octanol–water partition coefficient (Wildman–Crippen LogP) is 3.80. The second kappa shape index (κ2) is 7.26. The minimum atomic E-state index is 0.0766. The van der Waals surface area contributed by atoms with Gasteiger partial charge in [0.05, 0.1) is 11.7 Å². The van der Waals surface area contributed by atoms with Crippen molar-refractivity contribution >= 4 is 28.1 Å². The minimum absolute atomic E-state index is 0.0766. The molecule has 4 nitrogen and oxygen atoms in total. The Kier molecular flexibility index (Phi) is 4.86. The molecule has 1 atom stereocenters. The Balaban J connectivity index is 1.41. The Bertz CT molecular complexity index is 735. The first kappa shape index (κ1) is 16.7. The molecule has 25 heavy (non-hydrogen) atoms. The summed E-state index contributed by atoms with van der Waals surface area (Å²) in [5.74, 6) is 1.63. The van der Waals surface area contributed by atoms with Crippen LogP contribution in [0.15, 0.2) is 36.5 Å². The number of aromatic nitrogens is 1. The lowest BCUT2D eigenvalue weighted by Gasteiger charge is -2.27. The Hall–Kier alpha value is -1.72. The summed E-state index contributed by atoms with van der Waals surface area (Å²) < 4.78 is 0. The number of nitrogens with zero attached hydrogens (tertiary/aromatic N) is 2. The molecule has 0 radical (unpaired) electrons. The molecule has 2 bridgehead atoms. The third kappa shape index (κ3) is 3.62. The van der Waals surface area contributed by atoms with E-state index >= 15 is 0 Å². The van der Waals surface area contributed by atoms with Crippen molar-refractivity contribution in [2.75, 3.05) is 13.1 Å². The fourth-order valence-electron chi connectivity index (χ4n) is 4.27. The summed E-state index contributed by atoms with van der Waals surface area (Å²) in [6.07, 6.45) is 7.35. The van der Waals surface area contributed by atoms with Gasteiger partial charge in [-0.25, -0.2) is 5.43 Å². The number of hydrazine groups is 1. The third-order valence-electron chi connectivity index (χ3n) is 5.72. The predicted molar refractivity (Wildman–Crippen MR) is 106 cm³/mol. The fourth-order valence-corrected chi connectivity index (χ4v) is 4.47. The lowest BCUT2D eigenvalue weighted by molar-refractivity contribution is 0.326. The number of hydrogen-bond donors (Lipinski definition) is 2. The van der Waals surface area contributed by atoms with Gasteiger partial charge in [0.1, 0.15) is 0 Å². The molecule has 0 spiro atoms. The van der Waals surface area contributed by atoms with Crippen LogP contribution in [0.25, 0.3) is 10.8 Å². The molecule has 1 aliphatic carbocycles. The second-order valence-corrected chi connectivity index (χ2v) is 7.89. The number of pyridine rings is 1. The van der Waals surface area contributed by atoms with Crippen LogP contribution in [0, 0.1) is 11.8 Å². The van der Waals surface area contributed by atoms with Crippen LogP contribution in [0.2, 0.25) is 0 Å². The van der Waals surface area contributed by atoms with E-state index in [4.69, 9.17) is 12.2 Å². The number of nitrogens with one attached hydrogen (secondary N) is 2. The van der Waals surface area contributed by atoms with Gasteiger partial charge in [-0.1, -0.05) is 24.3 Å². The Morgan fingerprint density at radius 1 is 1.12 bits per heavy atom. The first-order valence-electron chi connectivity index (χ1n) is 9.35. The van der Waals surface area contributed by atoms with Crippen molar-refractivity contribution in [1.82, 2.24) is 20.7 Å². The summed E-state index contributed by atoms with van der Waals surface area (Å²) >= 11 is 5.66. The highest BCUT2D eigenvalue weighted by atomic mass is 32.1. The van der Waals surface area contributed by atoms with Crippen molar-refractivity contribution in [1.29, 1.82) is 0 Å². The van der Waals surface area contributed by atoms with Crippen LogP contribution in [0.4, 0.5) is 0 Å². The van der Waals surface area contributed by atoms with Crippen LogP contribution in [-0.4, -0.2) is 28.1 Å². The van der Waals surface area contributed by atoms with Crippen molar-refractivity contribution in [3.05, 3.63) is 42.2 Å². The first-order valence-corrected chi connectivity index (χ1v) is 9.75. The molecule has 2 saturated heterocycles. The maximum Gasteiger partial charge on any atom is 0.183 e. The summed E-state index contributed by atoms with van der Waals surface area (Å²) in [6, 6.07) is 10.5. The molecular weight excluding hydrogens is 328 g/mol. The lowest BCUT2D eigenvalue weighted by Crippen LogP contribution is -2.48. The zero-order valence-electron chi connectivity index (χ0n) is 14.7. The highest BCUT2D eigenvalue weighted by Gasteiger charge is 2.30. The van der Waals surface area contributed by atoms with Gasteiger partial charge < -0.3 is 4.90 Å². The molecule has 132 valence electrons. The van der Waals surface area contributed by atoms with E-state index in [1.165, 1.54) is 36.5 Å². The van der Waals surface area contributed by atoms with Gasteiger partial charge in [0, 0.05) is 24.7 Å². The summed E-state index contributed by atoms with van der Waals surface area (Å²) in [4.78, 5) is 6.95. The van der Waals surface area contributed by atoms with Gasteiger partial charge in [-0.3, -0.25) is 10.4 Å². The molecule has 2 aliphatic heterocycles. The van der Waals surface area contributed by atoms with Gasteiger partial charge in [-0.15, -0.1) is 0 Å². The molecule has 1 saturated carbocycles. The largest absolute Gasteiger partial charge is 0.348 e. The van der Waals surface area contributed by atoms with Gasteiger partial charge in [-0.2, -0.15) is 0 Å². The van der Waals surface area contributed by atoms with E-state index in [0.29, 0.717) is 0 Å². The number of benzene rings is 1. The Labute approximate surface area is 155 Å². The normalized spacial score (nSPS) is 24.1. The van der Waals surface area contributed by atoms with Crippen molar-refractivity contribution in [3.8, 4) is 0 Å². The van der Waals surface area contributed by atoms with Gasteiger partial charge in [-0.05, 0) is 68.1 Å². The average molecular weight is 355 g/mol. The van der Waals surface area contributed by atoms with Crippen LogP contribution in [0.5, 0.6) is 0 Å². The van der Waals surface area contributed by atoms with Crippen LogP contribution in [-0.2, 0) is 0 Å². The number of hydrogen-bond acceptors (Lipinski definition) is 3. The van der Waals surface area contributed by atoms with E-state index in [9.17, 15) is 0 Å². The van der Waals surface area contributed by atoms with Crippen molar-refractivity contribution < 1.29 is 0 Å². The Morgan fingerprint density at radius 3 is 2.52 bits per heavy atom. The lowest BCUT2D eigenvalue weighted by atomic mass is 9.84. The molecule has 2 N–H and O–H groups in total. The Morgan fingerprint density at radius 2 is 1.80 bits per heavy atom. The van der Waals surface area contributed by atoms with Gasteiger partial charge >= 0.3 is 0 Å². The van der Waals surface area contributed by atoms with Crippen molar-refractivity contribution in [2.24, 2.45) is 11.8 Å². The van der Waals surface area contributed by atoms with Gasteiger partial charge in [0.25, 0.3) is 0 Å². The van der Waals surface area contributed by atoms with Crippen LogP contribution in [0.3, 0.4) is 0 Å². The summed E-state index contributed by atoms with van der Waals surface area (Å²) in [6.45, 7) is 4.33. The maximum absolute atomic E-state index is 5.66. The summed E-state index contributed by atoms with van der Waals surface area (Å²) in [7, 11) is 0. The quantitative estimate of drug-likeness (QED) is 0.648. The topological polar surface area (TPSA) is 40.2 Å². The smallest absolute Gasteiger partial charge is 0.183 e. The molecule has 3 aliphatic rings. The molecule has 2 aromatic rings. The third-order valence-corrected chi connectivity index (χ3v) is 6.08. The van der Waals surface area contributed by atoms with Crippen LogP contribution >= 0.6 is 12.2 Å². The molecular formula is C20H26N4S. The molecule has 1 unspecified atom stereocenters. The van der Waals surface area contributed by atoms with Crippen molar-refractivity contribution in [3.63, 3.8) is 0 Å². The number of rotatable bonds is 3. The van der Waals surface area contributed by atoms with Gasteiger partial charge in [0.2, 0.25) is 0 Å².